The molecular formula is C11H11ClN2OS. The number of nitrogens with zero attached hydrogens (tertiary/aromatic N) is 2. The topological polar surface area (TPSA) is 35.0 Å². The minimum Gasteiger partial charge on any atom is -0.384 e. The van der Waals surface area contributed by atoms with E-state index in [0.717, 1.165) is 21.7 Å². The fourth-order valence-electron chi connectivity index (χ4n) is 1.35. The molecule has 2 rings (SSSR count). The van der Waals surface area contributed by atoms with Crippen molar-refractivity contribution < 1.29 is 4.74 Å². The van der Waals surface area contributed by atoms with Gasteiger partial charge in [-0.3, -0.25) is 0 Å². The van der Waals surface area contributed by atoms with Crippen LogP contribution in [0, 0.1) is 0 Å². The highest BCUT2D eigenvalue weighted by Gasteiger charge is 2.06. The Labute approximate surface area is 103 Å². The van der Waals surface area contributed by atoms with Crippen molar-refractivity contribution in [1.29, 1.82) is 0 Å². The van der Waals surface area contributed by atoms with Gasteiger partial charge in [-0.2, -0.15) is 0 Å². The largest absolute Gasteiger partial charge is 0.384 e. The zero-order chi connectivity index (χ0) is 11.4. The summed E-state index contributed by atoms with van der Waals surface area (Å²) in [6, 6.07) is 7.85. The summed E-state index contributed by atoms with van der Waals surface area (Å²) in [6.45, 7) is 0.695. The summed E-state index contributed by atoms with van der Waals surface area (Å²) >= 11 is 7.50. The number of hydrogen-bond donors (Lipinski definition) is 0. The minimum atomic E-state index is 0.290. The number of rotatable bonds is 4. The van der Waals surface area contributed by atoms with Crippen LogP contribution >= 0.6 is 23.4 Å². The van der Waals surface area contributed by atoms with Gasteiger partial charge in [-0.15, -0.1) is 11.8 Å². The summed E-state index contributed by atoms with van der Waals surface area (Å²) in [5, 5.41) is 2.24. The van der Waals surface area contributed by atoms with Crippen LogP contribution in [0.15, 0.2) is 29.3 Å². The summed E-state index contributed by atoms with van der Waals surface area (Å²) in [4.78, 5) is 8.41. The molecule has 1 aromatic carbocycles. The van der Waals surface area contributed by atoms with Crippen LogP contribution in [-0.2, 0) is 4.74 Å². The van der Waals surface area contributed by atoms with Gasteiger partial charge in [-0.25, -0.2) is 9.97 Å². The lowest BCUT2D eigenvalue weighted by Gasteiger charge is -2.04. The lowest BCUT2D eigenvalue weighted by molar-refractivity contribution is 0.218. The molecule has 84 valence electrons. The van der Waals surface area contributed by atoms with Gasteiger partial charge in [0.15, 0.2) is 0 Å². The predicted octanol–water partition coefficient (Wildman–Crippen LogP) is 3.02. The molecule has 0 saturated heterocycles. The number of ether oxygens (including phenoxy) is 1. The first kappa shape index (κ1) is 11.6. The third kappa shape index (κ3) is 2.64. The van der Waals surface area contributed by atoms with Crippen LogP contribution < -0.4 is 0 Å². The second kappa shape index (κ2) is 5.48. The third-order valence-electron chi connectivity index (χ3n) is 2.07. The molecule has 1 heterocycles. The van der Waals surface area contributed by atoms with Crippen molar-refractivity contribution in [3.63, 3.8) is 0 Å². The van der Waals surface area contributed by atoms with Gasteiger partial charge >= 0.3 is 0 Å². The summed E-state index contributed by atoms with van der Waals surface area (Å²) in [5.74, 6) is 0.855. The molecule has 0 spiro atoms. The number of halogens is 1. The number of hydrogen-bond acceptors (Lipinski definition) is 4. The molecule has 0 unspecified atom stereocenters. The van der Waals surface area contributed by atoms with Crippen molar-refractivity contribution in [1.82, 2.24) is 9.97 Å². The van der Waals surface area contributed by atoms with Crippen LogP contribution in [0.25, 0.3) is 10.9 Å². The molecule has 0 saturated carbocycles. The maximum atomic E-state index is 5.87. The van der Waals surface area contributed by atoms with Crippen molar-refractivity contribution in [2.75, 3.05) is 19.5 Å². The fraction of sp³-hybridized carbons (Fsp3) is 0.273. The number of fused-ring (bicyclic) bond motifs is 1. The number of methoxy groups -OCH3 is 1. The van der Waals surface area contributed by atoms with Crippen molar-refractivity contribution >= 4 is 34.3 Å². The van der Waals surface area contributed by atoms with Crippen molar-refractivity contribution in [3.8, 4) is 0 Å². The summed E-state index contributed by atoms with van der Waals surface area (Å²) in [7, 11) is 1.69. The Bertz CT molecular complexity index is 492. The minimum absolute atomic E-state index is 0.290. The summed E-state index contributed by atoms with van der Waals surface area (Å²) < 4.78 is 5.01. The molecule has 0 radical (unpaired) electrons. The van der Waals surface area contributed by atoms with E-state index in [2.05, 4.69) is 9.97 Å². The molecule has 2 aromatic rings. The first-order valence-electron chi connectivity index (χ1n) is 4.85. The maximum absolute atomic E-state index is 5.87. The standard InChI is InChI=1S/C11H11ClN2OS/c1-15-6-7-16-10-8-4-2-3-5-9(8)13-11(12)14-10/h2-5H,6-7H2,1H3. The molecular weight excluding hydrogens is 244 g/mol. The Kier molecular flexibility index (Phi) is 3.98. The predicted molar refractivity (Wildman–Crippen MR) is 67.1 cm³/mol. The Morgan fingerprint density at radius 2 is 2.12 bits per heavy atom. The molecule has 0 N–H and O–H groups in total. The molecule has 0 aliphatic carbocycles. The average Bonchev–Trinajstić information content (AvgIpc) is 2.29. The van der Waals surface area contributed by atoms with Gasteiger partial charge in [0, 0.05) is 18.2 Å². The zero-order valence-electron chi connectivity index (χ0n) is 8.81. The lowest BCUT2D eigenvalue weighted by atomic mass is 10.2. The molecule has 3 nitrogen and oxygen atoms in total. The van der Waals surface area contributed by atoms with E-state index in [1.807, 2.05) is 24.3 Å². The van der Waals surface area contributed by atoms with Gasteiger partial charge in [0.05, 0.1) is 12.1 Å². The Morgan fingerprint density at radius 1 is 1.31 bits per heavy atom. The van der Waals surface area contributed by atoms with Crippen molar-refractivity contribution in [3.05, 3.63) is 29.5 Å². The van der Waals surface area contributed by atoms with Crippen LogP contribution in [0.1, 0.15) is 0 Å². The first-order chi connectivity index (χ1) is 7.81. The average molecular weight is 255 g/mol. The normalized spacial score (nSPS) is 10.9. The van der Waals surface area contributed by atoms with Crippen LogP contribution in [0.2, 0.25) is 5.28 Å². The molecule has 0 amide bonds. The smallest absolute Gasteiger partial charge is 0.224 e. The van der Waals surface area contributed by atoms with E-state index in [9.17, 15) is 0 Å². The van der Waals surface area contributed by atoms with Gasteiger partial charge in [0.25, 0.3) is 0 Å². The van der Waals surface area contributed by atoms with Gasteiger partial charge in [0.1, 0.15) is 5.03 Å². The number of benzene rings is 1. The Balaban J connectivity index is 2.34. The number of thioether (sulfide) groups is 1. The third-order valence-corrected chi connectivity index (χ3v) is 3.19. The Hall–Kier alpha value is -0.840. The van der Waals surface area contributed by atoms with Crippen molar-refractivity contribution in [2.24, 2.45) is 0 Å². The molecule has 0 aliphatic heterocycles. The molecule has 0 aliphatic rings. The van der Waals surface area contributed by atoms with Crippen LogP contribution in [0.3, 0.4) is 0 Å². The quantitative estimate of drug-likeness (QED) is 0.364. The molecule has 0 atom stereocenters. The van der Waals surface area contributed by atoms with Crippen LogP contribution in [-0.4, -0.2) is 29.4 Å². The van der Waals surface area contributed by atoms with Crippen LogP contribution in [0.5, 0.6) is 0 Å². The van der Waals surface area contributed by atoms with E-state index in [1.54, 1.807) is 18.9 Å². The van der Waals surface area contributed by atoms with Gasteiger partial charge in [-0.05, 0) is 17.7 Å². The van der Waals surface area contributed by atoms with E-state index in [0.29, 0.717) is 11.9 Å². The van der Waals surface area contributed by atoms with Gasteiger partial charge in [-0.1, -0.05) is 18.2 Å². The highest BCUT2D eigenvalue weighted by atomic mass is 35.5. The summed E-state index contributed by atoms with van der Waals surface area (Å²) in [5.41, 5.74) is 0.877. The zero-order valence-corrected chi connectivity index (χ0v) is 10.4. The monoisotopic (exact) mass is 254 g/mol. The Morgan fingerprint density at radius 3 is 2.94 bits per heavy atom. The molecule has 16 heavy (non-hydrogen) atoms. The molecule has 0 fully saturated rings. The van der Waals surface area contributed by atoms with Crippen LogP contribution in [0.4, 0.5) is 0 Å². The van der Waals surface area contributed by atoms with E-state index >= 15 is 0 Å². The molecule has 1 aromatic heterocycles. The maximum Gasteiger partial charge on any atom is 0.224 e. The highest BCUT2D eigenvalue weighted by molar-refractivity contribution is 7.99. The second-order valence-corrected chi connectivity index (χ2v) is 4.58. The van der Waals surface area contributed by atoms with Crippen molar-refractivity contribution in [2.45, 2.75) is 5.03 Å². The lowest BCUT2D eigenvalue weighted by Crippen LogP contribution is -1.94. The summed E-state index contributed by atoms with van der Waals surface area (Å²) in [6.07, 6.45) is 0. The second-order valence-electron chi connectivity index (χ2n) is 3.16. The van der Waals surface area contributed by atoms with E-state index < -0.39 is 0 Å². The van der Waals surface area contributed by atoms with E-state index in [-0.39, 0.29) is 0 Å². The number of aromatic nitrogens is 2. The first-order valence-corrected chi connectivity index (χ1v) is 6.21. The molecule has 0 bridgehead atoms. The SMILES string of the molecule is COCCSc1nc(Cl)nc2ccccc12. The van der Waals surface area contributed by atoms with Gasteiger partial charge in [0.2, 0.25) is 5.28 Å². The molecule has 5 heteroatoms. The fourth-order valence-corrected chi connectivity index (χ4v) is 2.50. The van der Waals surface area contributed by atoms with E-state index in [1.165, 1.54) is 0 Å². The number of para-hydroxylation sites is 1. The van der Waals surface area contributed by atoms with Gasteiger partial charge < -0.3 is 4.74 Å². The highest BCUT2D eigenvalue weighted by Crippen LogP contribution is 2.26. The van der Waals surface area contributed by atoms with E-state index in [4.69, 9.17) is 16.3 Å².